The van der Waals surface area contributed by atoms with Crippen molar-refractivity contribution in [3.8, 4) is 17.6 Å². The van der Waals surface area contributed by atoms with Crippen LogP contribution in [0.3, 0.4) is 0 Å². The van der Waals surface area contributed by atoms with Gasteiger partial charge in [0.1, 0.15) is 12.2 Å². The van der Waals surface area contributed by atoms with Gasteiger partial charge in [0.2, 0.25) is 0 Å². The molecule has 0 saturated carbocycles. The van der Waals surface area contributed by atoms with Gasteiger partial charge in [0.15, 0.2) is 16.6 Å². The first-order chi connectivity index (χ1) is 19.8. The highest BCUT2D eigenvalue weighted by Crippen LogP contribution is 2.36. The molecule has 0 aromatic heterocycles. The Morgan fingerprint density at radius 2 is 1.90 bits per heavy atom. The SMILES string of the molecule is C=CCc1cc(C=C2C(=O)NC(=S)N(c3cccc(C(=O)O)c3)C2=O)cc(OCC)c1OCc1ccccc1C#N. The highest BCUT2D eigenvalue weighted by molar-refractivity contribution is 7.80. The predicted octanol–water partition coefficient (Wildman–Crippen LogP) is 4.79. The lowest BCUT2D eigenvalue weighted by atomic mass is 10.0. The van der Waals surface area contributed by atoms with Gasteiger partial charge < -0.3 is 14.6 Å². The summed E-state index contributed by atoms with van der Waals surface area (Å²) >= 11 is 5.24. The number of nitrogens with zero attached hydrogens (tertiary/aromatic N) is 2. The molecule has 1 aliphatic heterocycles. The van der Waals surface area contributed by atoms with Gasteiger partial charge in [-0.3, -0.25) is 19.8 Å². The van der Waals surface area contributed by atoms with Gasteiger partial charge in [-0.1, -0.05) is 30.3 Å². The third kappa shape index (κ3) is 6.32. The molecule has 0 aliphatic carbocycles. The van der Waals surface area contributed by atoms with E-state index in [1.54, 1.807) is 36.4 Å². The van der Waals surface area contributed by atoms with Crippen LogP contribution >= 0.6 is 12.2 Å². The molecule has 2 N–H and O–H groups in total. The normalized spacial score (nSPS) is 13.9. The van der Waals surface area contributed by atoms with Crippen LogP contribution in [0.1, 0.15) is 39.5 Å². The number of carbonyl (C=O) groups excluding carboxylic acids is 2. The van der Waals surface area contributed by atoms with Crippen LogP contribution in [0.4, 0.5) is 5.69 Å². The van der Waals surface area contributed by atoms with Crippen molar-refractivity contribution in [2.75, 3.05) is 11.5 Å². The standard InChI is InChI=1S/C31H25N3O6S/c1-3-8-20-13-19(15-26(39-4-2)27(20)40-18-23-10-6-5-9-22(23)17-32)14-25-28(35)33-31(41)34(29(25)36)24-12-7-11-21(16-24)30(37)38/h3,5-7,9-16H,1,4,8,18H2,2H3,(H,37,38)(H,33,35,41). The van der Waals surface area contributed by atoms with Crippen molar-refractivity contribution in [2.24, 2.45) is 0 Å². The fourth-order valence-electron chi connectivity index (χ4n) is 4.24. The van der Waals surface area contributed by atoms with Crippen molar-refractivity contribution in [1.29, 1.82) is 5.26 Å². The Hall–Kier alpha value is -5.27. The van der Waals surface area contributed by atoms with E-state index < -0.39 is 17.8 Å². The number of ether oxygens (including phenoxy) is 2. The van der Waals surface area contributed by atoms with Crippen LogP contribution in [0, 0.1) is 11.3 Å². The van der Waals surface area contributed by atoms with E-state index in [1.807, 2.05) is 13.0 Å². The number of nitriles is 1. The zero-order valence-electron chi connectivity index (χ0n) is 22.0. The lowest BCUT2D eigenvalue weighted by Gasteiger charge is -2.29. The molecule has 0 spiro atoms. The number of carboxylic acid groups (broad SMARTS) is 1. The molecule has 0 radical (unpaired) electrons. The fraction of sp³-hybridized carbons (Fsp3) is 0.129. The topological polar surface area (TPSA) is 129 Å². The average molecular weight is 568 g/mol. The maximum atomic E-state index is 13.5. The van der Waals surface area contributed by atoms with E-state index in [0.29, 0.717) is 46.8 Å². The number of nitrogens with one attached hydrogen (secondary N) is 1. The monoisotopic (exact) mass is 567 g/mol. The minimum Gasteiger partial charge on any atom is -0.490 e. The van der Waals surface area contributed by atoms with E-state index in [-0.39, 0.29) is 28.5 Å². The highest BCUT2D eigenvalue weighted by atomic mass is 32.1. The Bertz CT molecular complexity index is 1640. The minimum atomic E-state index is -1.17. The summed E-state index contributed by atoms with van der Waals surface area (Å²) in [4.78, 5) is 38.9. The Labute approximate surface area is 241 Å². The lowest BCUT2D eigenvalue weighted by Crippen LogP contribution is -2.54. The number of aromatic carboxylic acids is 1. The number of rotatable bonds is 10. The first-order valence-electron chi connectivity index (χ1n) is 12.5. The molecule has 206 valence electrons. The third-order valence-corrected chi connectivity index (χ3v) is 6.38. The van der Waals surface area contributed by atoms with Crippen LogP contribution in [-0.2, 0) is 22.6 Å². The summed E-state index contributed by atoms with van der Waals surface area (Å²) in [5, 5.41) is 21.1. The summed E-state index contributed by atoms with van der Waals surface area (Å²) < 4.78 is 12.0. The molecule has 41 heavy (non-hydrogen) atoms. The zero-order chi connectivity index (χ0) is 29.5. The Kier molecular flexibility index (Phi) is 8.92. The van der Waals surface area contributed by atoms with E-state index in [4.69, 9.17) is 21.7 Å². The Balaban J connectivity index is 1.74. The number of allylic oxidation sites excluding steroid dienone is 1. The van der Waals surface area contributed by atoms with E-state index in [9.17, 15) is 24.8 Å². The van der Waals surface area contributed by atoms with E-state index >= 15 is 0 Å². The van der Waals surface area contributed by atoms with Crippen molar-refractivity contribution < 1.29 is 29.0 Å². The Morgan fingerprint density at radius 3 is 2.61 bits per heavy atom. The number of carboxylic acids is 1. The van der Waals surface area contributed by atoms with Gasteiger partial charge in [-0.05, 0) is 73.6 Å². The van der Waals surface area contributed by atoms with E-state index in [0.717, 1.165) is 4.90 Å². The van der Waals surface area contributed by atoms with Crippen LogP contribution in [0.2, 0.25) is 0 Å². The lowest BCUT2D eigenvalue weighted by molar-refractivity contribution is -0.122. The number of hydrogen-bond donors (Lipinski definition) is 2. The molecule has 1 heterocycles. The number of amides is 2. The van der Waals surface area contributed by atoms with Crippen molar-refractivity contribution in [1.82, 2.24) is 5.32 Å². The summed E-state index contributed by atoms with van der Waals surface area (Å²) in [5.74, 6) is -1.73. The van der Waals surface area contributed by atoms with Gasteiger partial charge in [0, 0.05) is 11.1 Å². The summed E-state index contributed by atoms with van der Waals surface area (Å²) in [6, 6.07) is 18.4. The number of carbonyl (C=O) groups is 3. The van der Waals surface area contributed by atoms with E-state index in [1.165, 1.54) is 30.3 Å². The maximum absolute atomic E-state index is 13.5. The average Bonchev–Trinajstić information content (AvgIpc) is 2.95. The van der Waals surface area contributed by atoms with Crippen LogP contribution in [0.5, 0.6) is 11.5 Å². The van der Waals surface area contributed by atoms with Crippen LogP contribution in [0.25, 0.3) is 6.08 Å². The van der Waals surface area contributed by atoms with Crippen LogP contribution in [0.15, 0.2) is 78.9 Å². The number of benzene rings is 3. The number of anilines is 1. The second-order valence-electron chi connectivity index (χ2n) is 8.80. The van der Waals surface area contributed by atoms with Crippen molar-refractivity contribution in [2.45, 2.75) is 20.0 Å². The van der Waals surface area contributed by atoms with Gasteiger partial charge in [0.05, 0.1) is 29.5 Å². The van der Waals surface area contributed by atoms with Crippen LogP contribution in [-0.4, -0.2) is 34.6 Å². The maximum Gasteiger partial charge on any atom is 0.335 e. The molecule has 3 aromatic carbocycles. The molecule has 0 bridgehead atoms. The minimum absolute atomic E-state index is 0.0380. The third-order valence-electron chi connectivity index (χ3n) is 6.09. The highest BCUT2D eigenvalue weighted by Gasteiger charge is 2.35. The van der Waals surface area contributed by atoms with E-state index in [2.05, 4.69) is 18.0 Å². The van der Waals surface area contributed by atoms with Crippen molar-refractivity contribution in [3.05, 3.63) is 107 Å². The molecular weight excluding hydrogens is 542 g/mol. The molecule has 1 saturated heterocycles. The molecule has 2 amide bonds. The first kappa shape index (κ1) is 28.7. The molecule has 10 heteroatoms. The molecular formula is C31H25N3O6S. The Morgan fingerprint density at radius 1 is 1.12 bits per heavy atom. The summed E-state index contributed by atoms with van der Waals surface area (Å²) in [6.07, 6.45) is 3.49. The zero-order valence-corrected chi connectivity index (χ0v) is 22.9. The second kappa shape index (κ2) is 12.7. The van der Waals surface area contributed by atoms with Gasteiger partial charge in [-0.15, -0.1) is 6.58 Å². The van der Waals surface area contributed by atoms with Crippen molar-refractivity contribution in [3.63, 3.8) is 0 Å². The largest absolute Gasteiger partial charge is 0.490 e. The fourth-order valence-corrected chi connectivity index (χ4v) is 4.52. The number of hydrogen-bond acceptors (Lipinski definition) is 7. The van der Waals surface area contributed by atoms with Crippen LogP contribution < -0.4 is 19.7 Å². The quantitative estimate of drug-likeness (QED) is 0.155. The predicted molar refractivity (Wildman–Crippen MR) is 157 cm³/mol. The van der Waals surface area contributed by atoms with Gasteiger partial charge in [-0.2, -0.15) is 5.26 Å². The smallest absolute Gasteiger partial charge is 0.335 e. The molecule has 1 fully saturated rings. The van der Waals surface area contributed by atoms with Gasteiger partial charge >= 0.3 is 5.97 Å². The summed E-state index contributed by atoms with van der Waals surface area (Å²) in [6.45, 7) is 6.08. The molecule has 4 rings (SSSR count). The first-order valence-corrected chi connectivity index (χ1v) is 12.9. The molecule has 1 aliphatic rings. The molecule has 9 nitrogen and oxygen atoms in total. The molecule has 0 atom stereocenters. The number of thiocarbonyl (C=S) groups is 1. The molecule has 3 aromatic rings. The summed E-state index contributed by atoms with van der Waals surface area (Å²) in [7, 11) is 0. The van der Waals surface area contributed by atoms with Gasteiger partial charge in [0.25, 0.3) is 11.8 Å². The van der Waals surface area contributed by atoms with Crippen molar-refractivity contribution >= 4 is 46.9 Å². The van der Waals surface area contributed by atoms with Gasteiger partial charge in [-0.25, -0.2) is 4.79 Å². The second-order valence-corrected chi connectivity index (χ2v) is 9.19. The summed E-state index contributed by atoms with van der Waals surface area (Å²) in [5.41, 5.74) is 2.34. The molecule has 0 unspecified atom stereocenters.